The fraction of sp³-hybridized carbons (Fsp3) is 0.455. The van der Waals surface area contributed by atoms with E-state index in [0.717, 1.165) is 25.0 Å². The van der Waals surface area contributed by atoms with Gasteiger partial charge in [0.05, 0.1) is 11.5 Å². The number of benzene rings is 1. The molecule has 70 valence electrons. The van der Waals surface area contributed by atoms with Crippen LogP contribution in [0.1, 0.15) is 23.8 Å². The molecule has 0 saturated carbocycles. The highest BCUT2D eigenvalue weighted by Crippen LogP contribution is 2.31. The first-order valence-corrected chi connectivity index (χ1v) is 5.12. The zero-order chi connectivity index (χ0) is 9.10. The highest BCUT2D eigenvalue weighted by Gasteiger charge is 2.24. The molecule has 0 amide bonds. The number of alkyl halides is 1. The minimum Gasteiger partial charge on any atom is -0.376 e. The van der Waals surface area contributed by atoms with Crippen LogP contribution in [0.5, 0.6) is 0 Å². The molecule has 1 heterocycles. The Balaban J connectivity index is 2.08. The molecule has 2 heteroatoms. The molecule has 1 aliphatic heterocycles. The summed E-state index contributed by atoms with van der Waals surface area (Å²) in [5.41, 5.74) is 1.16. The van der Waals surface area contributed by atoms with Gasteiger partial charge in [0.15, 0.2) is 0 Å². The van der Waals surface area contributed by atoms with E-state index in [9.17, 15) is 0 Å². The van der Waals surface area contributed by atoms with Crippen LogP contribution in [0.25, 0.3) is 0 Å². The number of hydrogen-bond donors (Lipinski definition) is 0. The van der Waals surface area contributed by atoms with E-state index in [-0.39, 0.29) is 11.5 Å². The predicted molar refractivity (Wildman–Crippen MR) is 54.0 cm³/mol. The summed E-state index contributed by atoms with van der Waals surface area (Å²) in [6.07, 6.45) is 2.44. The molecule has 2 atom stereocenters. The van der Waals surface area contributed by atoms with Crippen LogP contribution in [0.4, 0.5) is 0 Å². The Hall–Kier alpha value is -0.530. The van der Waals surface area contributed by atoms with Crippen molar-refractivity contribution in [3.63, 3.8) is 0 Å². The Morgan fingerprint density at radius 3 is 2.69 bits per heavy atom. The molecular weight excluding hydrogens is 184 g/mol. The summed E-state index contributed by atoms with van der Waals surface area (Å²) < 4.78 is 5.54. The van der Waals surface area contributed by atoms with Crippen LogP contribution >= 0.6 is 11.6 Å². The molecule has 0 spiro atoms. The molecule has 0 aliphatic carbocycles. The van der Waals surface area contributed by atoms with Crippen LogP contribution in [-0.2, 0) is 4.74 Å². The molecule has 0 N–H and O–H groups in total. The minimum absolute atomic E-state index is 0.0173. The third kappa shape index (κ3) is 2.04. The smallest absolute Gasteiger partial charge is 0.0847 e. The molecule has 0 radical (unpaired) electrons. The maximum Gasteiger partial charge on any atom is 0.0847 e. The van der Waals surface area contributed by atoms with E-state index in [1.807, 2.05) is 18.2 Å². The minimum atomic E-state index is 0.0173. The Labute approximate surface area is 83.7 Å². The van der Waals surface area contributed by atoms with E-state index in [0.29, 0.717) is 0 Å². The van der Waals surface area contributed by atoms with Gasteiger partial charge in [-0.05, 0) is 18.4 Å². The van der Waals surface area contributed by atoms with Crippen LogP contribution in [0.15, 0.2) is 30.3 Å². The lowest BCUT2D eigenvalue weighted by atomic mass is 10.1. The third-order valence-electron chi connectivity index (χ3n) is 2.41. The summed E-state index contributed by atoms with van der Waals surface area (Å²) in [6, 6.07) is 10.1. The van der Waals surface area contributed by atoms with Crippen LogP contribution < -0.4 is 0 Å². The van der Waals surface area contributed by atoms with Crippen molar-refractivity contribution in [1.82, 2.24) is 0 Å². The number of halogens is 1. The van der Waals surface area contributed by atoms with Gasteiger partial charge in [-0.15, -0.1) is 11.6 Å². The van der Waals surface area contributed by atoms with Gasteiger partial charge in [0, 0.05) is 6.61 Å². The zero-order valence-corrected chi connectivity index (χ0v) is 8.20. The molecule has 1 aliphatic rings. The second-order valence-corrected chi connectivity index (χ2v) is 3.83. The van der Waals surface area contributed by atoms with Gasteiger partial charge < -0.3 is 4.74 Å². The van der Waals surface area contributed by atoms with Crippen LogP contribution in [0.3, 0.4) is 0 Å². The van der Waals surface area contributed by atoms with Crippen molar-refractivity contribution in [2.24, 2.45) is 0 Å². The van der Waals surface area contributed by atoms with Gasteiger partial charge in [-0.2, -0.15) is 0 Å². The maximum absolute atomic E-state index is 6.29. The fourth-order valence-electron chi connectivity index (χ4n) is 1.68. The average Bonchev–Trinajstić information content (AvgIpc) is 2.71. The Kier molecular flexibility index (Phi) is 2.87. The lowest BCUT2D eigenvalue weighted by Gasteiger charge is -2.16. The quantitative estimate of drug-likeness (QED) is 0.661. The van der Waals surface area contributed by atoms with Gasteiger partial charge in [0.2, 0.25) is 0 Å². The molecule has 1 fully saturated rings. The summed E-state index contributed by atoms with van der Waals surface area (Å²) in [5.74, 6) is 0. The Morgan fingerprint density at radius 2 is 2.08 bits per heavy atom. The fourth-order valence-corrected chi connectivity index (χ4v) is 2.03. The van der Waals surface area contributed by atoms with Crippen molar-refractivity contribution >= 4 is 11.6 Å². The molecular formula is C11H13ClO. The second-order valence-electron chi connectivity index (χ2n) is 3.36. The van der Waals surface area contributed by atoms with E-state index < -0.39 is 0 Å². The molecule has 1 aromatic carbocycles. The lowest BCUT2D eigenvalue weighted by Crippen LogP contribution is -2.12. The van der Waals surface area contributed by atoms with Crippen LogP contribution in [0.2, 0.25) is 0 Å². The number of hydrogen-bond acceptors (Lipinski definition) is 1. The number of ether oxygens (including phenoxy) is 1. The topological polar surface area (TPSA) is 9.23 Å². The van der Waals surface area contributed by atoms with Crippen molar-refractivity contribution in [3.8, 4) is 0 Å². The summed E-state index contributed by atoms with van der Waals surface area (Å²) in [7, 11) is 0. The normalized spacial score (nSPS) is 24.5. The number of rotatable bonds is 2. The third-order valence-corrected chi connectivity index (χ3v) is 2.94. The van der Waals surface area contributed by atoms with Gasteiger partial charge in [0.1, 0.15) is 0 Å². The van der Waals surface area contributed by atoms with Crippen molar-refractivity contribution in [2.45, 2.75) is 24.3 Å². The van der Waals surface area contributed by atoms with Gasteiger partial charge in [-0.25, -0.2) is 0 Å². The van der Waals surface area contributed by atoms with E-state index in [4.69, 9.17) is 16.3 Å². The summed E-state index contributed by atoms with van der Waals surface area (Å²) >= 11 is 6.29. The molecule has 13 heavy (non-hydrogen) atoms. The van der Waals surface area contributed by atoms with Crippen molar-refractivity contribution in [1.29, 1.82) is 0 Å². The molecule has 0 aromatic heterocycles. The monoisotopic (exact) mass is 196 g/mol. The van der Waals surface area contributed by atoms with Crippen LogP contribution in [0, 0.1) is 0 Å². The highest BCUT2D eigenvalue weighted by molar-refractivity contribution is 6.21. The van der Waals surface area contributed by atoms with E-state index in [1.165, 1.54) is 0 Å². The molecule has 1 nitrogen and oxygen atoms in total. The molecule has 2 rings (SSSR count). The largest absolute Gasteiger partial charge is 0.376 e. The molecule has 2 unspecified atom stereocenters. The van der Waals surface area contributed by atoms with Gasteiger partial charge in [0.25, 0.3) is 0 Å². The summed E-state index contributed by atoms with van der Waals surface area (Å²) in [5, 5.41) is 0.0173. The highest BCUT2D eigenvalue weighted by atomic mass is 35.5. The van der Waals surface area contributed by atoms with Gasteiger partial charge in [-0.3, -0.25) is 0 Å². The zero-order valence-electron chi connectivity index (χ0n) is 7.45. The SMILES string of the molecule is ClC(c1ccccc1)C1CCCO1. The van der Waals surface area contributed by atoms with E-state index in [1.54, 1.807) is 0 Å². The van der Waals surface area contributed by atoms with E-state index in [2.05, 4.69) is 12.1 Å². The maximum atomic E-state index is 6.29. The Morgan fingerprint density at radius 1 is 1.31 bits per heavy atom. The summed E-state index contributed by atoms with van der Waals surface area (Å²) in [6.45, 7) is 0.862. The van der Waals surface area contributed by atoms with Crippen molar-refractivity contribution in [3.05, 3.63) is 35.9 Å². The van der Waals surface area contributed by atoms with Gasteiger partial charge >= 0.3 is 0 Å². The first-order valence-electron chi connectivity index (χ1n) is 4.68. The summed E-state index contributed by atoms with van der Waals surface area (Å²) in [4.78, 5) is 0. The first kappa shape index (κ1) is 9.04. The Bertz CT molecular complexity index is 254. The average molecular weight is 197 g/mol. The lowest BCUT2D eigenvalue weighted by molar-refractivity contribution is 0.107. The van der Waals surface area contributed by atoms with Crippen molar-refractivity contribution < 1.29 is 4.74 Å². The van der Waals surface area contributed by atoms with E-state index >= 15 is 0 Å². The van der Waals surface area contributed by atoms with Gasteiger partial charge in [-0.1, -0.05) is 30.3 Å². The predicted octanol–water partition coefficient (Wildman–Crippen LogP) is 3.15. The standard InChI is InChI=1S/C11H13ClO/c12-11(10-7-4-8-13-10)9-5-2-1-3-6-9/h1-3,5-6,10-11H,4,7-8H2. The first-order chi connectivity index (χ1) is 6.38. The van der Waals surface area contributed by atoms with Crippen molar-refractivity contribution in [2.75, 3.05) is 6.61 Å². The molecule has 0 bridgehead atoms. The molecule has 1 saturated heterocycles. The van der Waals surface area contributed by atoms with Crippen LogP contribution in [-0.4, -0.2) is 12.7 Å². The molecule has 1 aromatic rings. The second kappa shape index (κ2) is 4.12.